The van der Waals surface area contributed by atoms with E-state index in [-0.39, 0.29) is 31.1 Å². The van der Waals surface area contributed by atoms with E-state index in [2.05, 4.69) is 45.1 Å². The lowest BCUT2D eigenvalue weighted by Gasteiger charge is -2.18. The van der Waals surface area contributed by atoms with E-state index >= 15 is 0 Å². The van der Waals surface area contributed by atoms with Gasteiger partial charge < -0.3 is 14.2 Å². The topological polar surface area (TPSA) is 78.9 Å². The summed E-state index contributed by atoms with van der Waals surface area (Å²) in [5.74, 6) is -0.852. The molecule has 73 heavy (non-hydrogen) atoms. The fraction of sp³-hybridized carbons (Fsp3) is 0.896. The molecule has 430 valence electrons. The van der Waals surface area contributed by atoms with E-state index in [0.29, 0.717) is 19.3 Å². The van der Waals surface area contributed by atoms with Crippen molar-refractivity contribution in [2.24, 2.45) is 0 Å². The number of carbonyl (C=O) groups is 3. The Kier molecular flexibility index (Phi) is 60.6. The van der Waals surface area contributed by atoms with Crippen LogP contribution in [0.4, 0.5) is 0 Å². The van der Waals surface area contributed by atoms with Gasteiger partial charge in [-0.1, -0.05) is 302 Å². The zero-order valence-electron chi connectivity index (χ0n) is 49.4. The molecule has 0 heterocycles. The number of unbranched alkanes of at least 4 members (excludes halogenated alkanes) is 46. The first-order valence-electron chi connectivity index (χ1n) is 32.8. The van der Waals surface area contributed by atoms with Gasteiger partial charge in [-0.05, 0) is 70.6 Å². The van der Waals surface area contributed by atoms with Crippen LogP contribution in [0.25, 0.3) is 0 Å². The Morgan fingerprint density at radius 2 is 0.452 bits per heavy atom. The fourth-order valence-corrected chi connectivity index (χ4v) is 9.97. The molecule has 6 nitrogen and oxygen atoms in total. The van der Waals surface area contributed by atoms with Gasteiger partial charge >= 0.3 is 17.9 Å². The predicted octanol–water partition coefficient (Wildman–Crippen LogP) is 22.2. The molecule has 0 aliphatic rings. The Labute approximate surface area is 455 Å². The maximum absolute atomic E-state index is 12.9. The number of hydrogen-bond donors (Lipinski definition) is 0. The van der Waals surface area contributed by atoms with Crippen LogP contribution in [0, 0.1) is 0 Å². The van der Waals surface area contributed by atoms with Crippen molar-refractivity contribution in [3.63, 3.8) is 0 Å². The third kappa shape index (κ3) is 60.6. The molecule has 0 aliphatic heterocycles. The van der Waals surface area contributed by atoms with E-state index < -0.39 is 6.10 Å². The van der Waals surface area contributed by atoms with Gasteiger partial charge in [0.1, 0.15) is 13.2 Å². The van der Waals surface area contributed by atoms with Gasteiger partial charge in [0.2, 0.25) is 0 Å². The second kappa shape index (κ2) is 62.4. The zero-order valence-corrected chi connectivity index (χ0v) is 49.4. The fourth-order valence-electron chi connectivity index (χ4n) is 9.97. The number of hydrogen-bond acceptors (Lipinski definition) is 6. The second-order valence-electron chi connectivity index (χ2n) is 22.4. The van der Waals surface area contributed by atoms with Crippen LogP contribution in [-0.2, 0) is 28.6 Å². The SMILES string of the molecule is CCCCC/C=C\CCCCCCCC(=O)OCC(COC(=O)CCCCCCCCCCCCCCC/C=C\CCCCCCCCCC)OC(=O)CCCCCCCCCCCCCCCCCCCC. The number of carbonyl (C=O) groups excluding carboxylic acids is 3. The summed E-state index contributed by atoms with van der Waals surface area (Å²) in [6.07, 6.45) is 74.8. The minimum absolute atomic E-state index is 0.0686. The number of ether oxygens (including phenoxy) is 3. The Hall–Kier alpha value is -2.11. The summed E-state index contributed by atoms with van der Waals surface area (Å²) in [4.78, 5) is 38.3. The lowest BCUT2D eigenvalue weighted by molar-refractivity contribution is -0.167. The van der Waals surface area contributed by atoms with Crippen LogP contribution in [0.5, 0.6) is 0 Å². The van der Waals surface area contributed by atoms with Crippen LogP contribution in [0.15, 0.2) is 24.3 Å². The van der Waals surface area contributed by atoms with E-state index in [0.717, 1.165) is 64.2 Å². The Morgan fingerprint density at radius 1 is 0.260 bits per heavy atom. The largest absolute Gasteiger partial charge is 0.462 e. The summed E-state index contributed by atoms with van der Waals surface area (Å²) in [7, 11) is 0. The second-order valence-corrected chi connectivity index (χ2v) is 22.4. The maximum Gasteiger partial charge on any atom is 0.306 e. The minimum atomic E-state index is -0.771. The number of rotatable bonds is 61. The Morgan fingerprint density at radius 3 is 0.712 bits per heavy atom. The normalized spacial score (nSPS) is 12.1. The van der Waals surface area contributed by atoms with E-state index in [4.69, 9.17) is 14.2 Å². The molecule has 0 saturated heterocycles. The highest BCUT2D eigenvalue weighted by Gasteiger charge is 2.19. The molecule has 0 aromatic heterocycles. The lowest BCUT2D eigenvalue weighted by Crippen LogP contribution is -2.30. The molecule has 0 saturated carbocycles. The van der Waals surface area contributed by atoms with Crippen molar-refractivity contribution in [1.82, 2.24) is 0 Å². The highest BCUT2D eigenvalue weighted by atomic mass is 16.6. The van der Waals surface area contributed by atoms with Crippen molar-refractivity contribution < 1.29 is 28.6 Å². The molecule has 0 aliphatic carbocycles. The summed E-state index contributed by atoms with van der Waals surface area (Å²) in [5, 5.41) is 0. The van der Waals surface area contributed by atoms with Gasteiger partial charge in [0, 0.05) is 19.3 Å². The van der Waals surface area contributed by atoms with Gasteiger partial charge in [-0.15, -0.1) is 0 Å². The molecular formula is C67H126O6. The first-order valence-corrected chi connectivity index (χ1v) is 32.8. The third-order valence-electron chi connectivity index (χ3n) is 14.9. The van der Waals surface area contributed by atoms with Gasteiger partial charge in [0.15, 0.2) is 6.10 Å². The molecule has 0 spiro atoms. The van der Waals surface area contributed by atoms with Gasteiger partial charge in [0.05, 0.1) is 0 Å². The predicted molar refractivity (Wildman–Crippen MR) is 316 cm³/mol. The van der Waals surface area contributed by atoms with E-state index in [9.17, 15) is 14.4 Å². The summed E-state index contributed by atoms with van der Waals surface area (Å²) in [6, 6.07) is 0. The zero-order chi connectivity index (χ0) is 52.9. The van der Waals surface area contributed by atoms with E-state index in [1.54, 1.807) is 0 Å². The van der Waals surface area contributed by atoms with Gasteiger partial charge in [-0.2, -0.15) is 0 Å². The van der Waals surface area contributed by atoms with Gasteiger partial charge in [-0.25, -0.2) is 0 Å². The molecule has 0 aromatic carbocycles. The van der Waals surface area contributed by atoms with Crippen molar-refractivity contribution in [3.05, 3.63) is 24.3 Å². The van der Waals surface area contributed by atoms with Crippen LogP contribution >= 0.6 is 0 Å². The third-order valence-corrected chi connectivity index (χ3v) is 14.9. The summed E-state index contributed by atoms with van der Waals surface area (Å²) in [6.45, 7) is 6.68. The van der Waals surface area contributed by atoms with Crippen LogP contribution in [-0.4, -0.2) is 37.2 Å². The van der Waals surface area contributed by atoms with E-state index in [1.165, 1.54) is 263 Å². The van der Waals surface area contributed by atoms with Crippen molar-refractivity contribution in [2.45, 2.75) is 374 Å². The summed E-state index contributed by atoms with van der Waals surface area (Å²) < 4.78 is 16.9. The minimum Gasteiger partial charge on any atom is -0.462 e. The van der Waals surface area contributed by atoms with Crippen molar-refractivity contribution in [2.75, 3.05) is 13.2 Å². The molecule has 6 heteroatoms. The molecule has 1 atom stereocenters. The summed E-state index contributed by atoms with van der Waals surface area (Å²) >= 11 is 0. The molecule has 1 unspecified atom stereocenters. The molecule has 0 aromatic rings. The van der Waals surface area contributed by atoms with Crippen molar-refractivity contribution >= 4 is 17.9 Å². The van der Waals surface area contributed by atoms with Crippen LogP contribution in [0.1, 0.15) is 367 Å². The first kappa shape index (κ1) is 70.9. The van der Waals surface area contributed by atoms with Gasteiger partial charge in [-0.3, -0.25) is 14.4 Å². The highest BCUT2D eigenvalue weighted by Crippen LogP contribution is 2.18. The smallest absolute Gasteiger partial charge is 0.306 e. The maximum atomic E-state index is 12.9. The Balaban J connectivity index is 4.21. The molecule has 0 rings (SSSR count). The lowest BCUT2D eigenvalue weighted by atomic mass is 10.0. The van der Waals surface area contributed by atoms with Crippen LogP contribution in [0.3, 0.4) is 0 Å². The average molecular weight is 1030 g/mol. The van der Waals surface area contributed by atoms with E-state index in [1.807, 2.05) is 0 Å². The quantitative estimate of drug-likeness (QED) is 0.0261. The Bertz CT molecular complexity index is 1180. The highest BCUT2D eigenvalue weighted by molar-refractivity contribution is 5.71. The molecular weight excluding hydrogens is 901 g/mol. The number of allylic oxidation sites excluding steroid dienone is 4. The molecule has 0 radical (unpaired) electrons. The van der Waals surface area contributed by atoms with Gasteiger partial charge in [0.25, 0.3) is 0 Å². The molecule has 0 N–H and O–H groups in total. The first-order chi connectivity index (χ1) is 36.0. The van der Waals surface area contributed by atoms with Crippen LogP contribution < -0.4 is 0 Å². The molecule has 0 amide bonds. The molecule has 0 fully saturated rings. The van der Waals surface area contributed by atoms with Crippen molar-refractivity contribution in [1.29, 1.82) is 0 Å². The van der Waals surface area contributed by atoms with Crippen molar-refractivity contribution in [3.8, 4) is 0 Å². The monoisotopic (exact) mass is 1030 g/mol. The van der Waals surface area contributed by atoms with Crippen LogP contribution in [0.2, 0.25) is 0 Å². The summed E-state index contributed by atoms with van der Waals surface area (Å²) in [5.41, 5.74) is 0. The average Bonchev–Trinajstić information content (AvgIpc) is 3.39. The standard InChI is InChI=1S/C67H126O6/c1-4-7-10-13-16-19-22-25-27-29-31-32-33-34-35-36-37-39-40-42-45-48-51-54-57-60-66(69)72-63-64(62-71-65(68)59-56-53-50-47-44-24-21-18-15-12-9-6-3)73-67(70)61-58-55-52-49-46-43-41-38-30-28-26-23-20-17-14-11-8-5-2/h18,21,29,31,64H,4-17,19-20,22-28,30,32-63H2,1-3H3/b21-18-,31-29-. The molecule has 0 bridgehead atoms. The number of esters is 3.